The topological polar surface area (TPSA) is 146 Å². The number of unbranched alkanes of at least 4 members (excludes halogenated alkanes) is 30. The Morgan fingerprint density at radius 3 is 0.771 bits per heavy atom. The van der Waals surface area contributed by atoms with E-state index >= 15 is 0 Å². The Hall–Kier alpha value is -1.30. The van der Waals surface area contributed by atoms with E-state index in [0.717, 1.165) is 116 Å². The second-order valence-corrected chi connectivity index (χ2v) is 22.3. The maximum Gasteiger partial charge on any atom is 0.243 e. The van der Waals surface area contributed by atoms with Crippen LogP contribution < -0.4 is 10.6 Å². The number of aliphatic hydroxyl groups is 4. The van der Waals surface area contributed by atoms with Gasteiger partial charge in [-0.05, 0) is 77.3 Å². The molecule has 2 unspecified atom stereocenters. The van der Waals surface area contributed by atoms with Gasteiger partial charge in [-0.3, -0.25) is 19.4 Å². The highest BCUT2D eigenvalue weighted by Gasteiger charge is 2.33. The van der Waals surface area contributed by atoms with Gasteiger partial charge >= 0.3 is 0 Å². The summed E-state index contributed by atoms with van der Waals surface area (Å²) in [5, 5.41) is 50.3. The molecule has 1 rings (SSSR count). The normalized spacial score (nSPS) is 17.1. The number of piperazine rings is 1. The van der Waals surface area contributed by atoms with Gasteiger partial charge in [-0.15, -0.1) is 0 Å². The lowest BCUT2D eigenvalue weighted by Gasteiger charge is -2.31. The van der Waals surface area contributed by atoms with Gasteiger partial charge in [0.2, 0.25) is 11.8 Å². The van der Waals surface area contributed by atoms with Crippen LogP contribution in [-0.2, 0) is 9.59 Å². The number of carbonyl (C=O) groups excluding carboxylic acids is 2. The van der Waals surface area contributed by atoms with Crippen LogP contribution in [0.4, 0.5) is 0 Å². The molecular formula is C60H120N4O6. The zero-order valence-corrected chi connectivity index (χ0v) is 46.9. The number of aliphatic hydroxyl groups excluding tert-OH is 4. The first-order valence-electron chi connectivity index (χ1n) is 30.9. The van der Waals surface area contributed by atoms with Gasteiger partial charge in [-0.25, -0.2) is 0 Å². The Balaban J connectivity index is 2.60. The van der Waals surface area contributed by atoms with Gasteiger partial charge in [0.15, 0.2) is 0 Å². The molecule has 10 heteroatoms. The van der Waals surface area contributed by atoms with E-state index < -0.39 is 36.5 Å². The molecule has 0 spiro atoms. The van der Waals surface area contributed by atoms with Gasteiger partial charge in [-0.2, -0.15) is 0 Å². The van der Waals surface area contributed by atoms with Crippen molar-refractivity contribution in [2.45, 2.75) is 334 Å². The van der Waals surface area contributed by atoms with Crippen molar-refractivity contribution in [2.24, 2.45) is 0 Å². The Morgan fingerprint density at radius 2 is 0.543 bits per heavy atom. The molecule has 0 radical (unpaired) electrons. The van der Waals surface area contributed by atoms with Gasteiger partial charge in [0.25, 0.3) is 0 Å². The van der Waals surface area contributed by atoms with E-state index in [9.17, 15) is 30.0 Å². The van der Waals surface area contributed by atoms with Crippen LogP contribution in [0.3, 0.4) is 0 Å². The van der Waals surface area contributed by atoms with Crippen LogP contribution in [0.25, 0.3) is 0 Å². The van der Waals surface area contributed by atoms with Crippen molar-refractivity contribution in [1.29, 1.82) is 0 Å². The number of rotatable bonds is 54. The van der Waals surface area contributed by atoms with E-state index in [1.807, 2.05) is 0 Å². The highest BCUT2D eigenvalue weighted by Crippen LogP contribution is 2.18. The monoisotopic (exact) mass is 993 g/mol. The lowest BCUT2D eigenvalue weighted by atomic mass is 10.0. The summed E-state index contributed by atoms with van der Waals surface area (Å²) < 4.78 is 0. The minimum Gasteiger partial charge on any atom is -0.392 e. The number of amides is 2. The van der Waals surface area contributed by atoms with Gasteiger partial charge in [-0.1, -0.05) is 233 Å². The van der Waals surface area contributed by atoms with E-state index in [-0.39, 0.29) is 11.8 Å². The van der Waals surface area contributed by atoms with E-state index in [1.54, 1.807) is 0 Å². The summed E-state index contributed by atoms with van der Waals surface area (Å²) in [7, 11) is 0. The fourth-order valence-corrected chi connectivity index (χ4v) is 10.6. The van der Waals surface area contributed by atoms with Crippen LogP contribution in [0.15, 0.2) is 0 Å². The van der Waals surface area contributed by atoms with Crippen LogP contribution in [0, 0.1) is 0 Å². The molecular weight excluding hydrogens is 873 g/mol. The Bertz CT molecular complexity index is 1010. The molecule has 2 amide bonds. The van der Waals surface area contributed by atoms with Crippen LogP contribution in [-0.4, -0.2) is 118 Å². The molecule has 1 heterocycles. The molecule has 6 N–H and O–H groups in total. The zero-order valence-electron chi connectivity index (χ0n) is 46.9. The second kappa shape index (κ2) is 48.6. The molecule has 0 aromatic carbocycles. The molecule has 70 heavy (non-hydrogen) atoms. The molecule has 0 saturated carbocycles. The summed E-state index contributed by atoms with van der Waals surface area (Å²) in [6.45, 7) is 12.7. The molecule has 10 nitrogen and oxygen atoms in total. The van der Waals surface area contributed by atoms with E-state index in [1.165, 1.54) is 154 Å². The van der Waals surface area contributed by atoms with Crippen molar-refractivity contribution in [3.63, 3.8) is 0 Å². The summed E-state index contributed by atoms with van der Waals surface area (Å²) in [6.07, 6.45) is 45.6. The number of hydrogen-bond acceptors (Lipinski definition) is 8. The summed E-state index contributed by atoms with van der Waals surface area (Å²) >= 11 is 0. The lowest BCUT2D eigenvalue weighted by molar-refractivity contribution is -0.137. The fraction of sp³-hybridized carbons (Fsp3) is 0.967. The summed E-state index contributed by atoms with van der Waals surface area (Å²) in [5.74, 6) is -0.226. The molecule has 0 aliphatic carbocycles. The third kappa shape index (κ3) is 40.1. The highest BCUT2D eigenvalue weighted by atomic mass is 16.3. The third-order valence-electron chi connectivity index (χ3n) is 15.1. The van der Waals surface area contributed by atoms with Crippen molar-refractivity contribution in [3.05, 3.63) is 0 Å². The predicted octanol–water partition coefficient (Wildman–Crippen LogP) is 13.5. The second-order valence-electron chi connectivity index (χ2n) is 22.3. The number of nitrogens with one attached hydrogen (secondary N) is 2. The standard InChI is InChI=1S/C60H120N4O6/c1-5-9-13-17-21-25-29-33-41-53(65)49-63(50-54(66)42-34-30-26-22-18-14-10-6-2)47-39-37-45-57-59(69)62-58(60(70)61-57)46-38-40-48-64(51-55(67)43-35-31-27-23-19-15-11-7-3)52-56(68)44-36-32-28-24-20-16-12-8-4/h53-58,65-68H,5-52H2,1-4H3,(H,61,70)(H,62,69)/t53-,54-,55-,56+,57?,58?/m1/s1. The smallest absolute Gasteiger partial charge is 0.243 e. The Morgan fingerprint density at radius 1 is 0.329 bits per heavy atom. The highest BCUT2D eigenvalue weighted by molar-refractivity contribution is 5.96. The molecule has 0 aromatic heterocycles. The molecule has 416 valence electrons. The SMILES string of the molecule is CCCCCCCCCC[C@@H](O)CN(CCCCC1NC(=O)C(CCCCN(C[C@H](O)CCCCCCCCCC)C[C@@H](O)CCCCCCCCCC)NC1=O)C[C@H](O)CCCCCCCCCC. The van der Waals surface area contributed by atoms with E-state index in [0.29, 0.717) is 39.0 Å². The first-order valence-corrected chi connectivity index (χ1v) is 30.9. The van der Waals surface area contributed by atoms with Crippen molar-refractivity contribution in [1.82, 2.24) is 20.4 Å². The molecule has 1 aliphatic heterocycles. The van der Waals surface area contributed by atoms with Gasteiger partial charge in [0.05, 0.1) is 24.4 Å². The molecule has 6 atom stereocenters. The zero-order chi connectivity index (χ0) is 51.1. The average molecular weight is 994 g/mol. The molecule has 0 aromatic rings. The summed E-state index contributed by atoms with van der Waals surface area (Å²) in [6, 6.07) is -1.09. The average Bonchev–Trinajstić information content (AvgIpc) is 3.33. The van der Waals surface area contributed by atoms with Crippen LogP contribution in [0.1, 0.15) is 297 Å². The van der Waals surface area contributed by atoms with Crippen LogP contribution in [0.2, 0.25) is 0 Å². The Kier molecular flexibility index (Phi) is 46.3. The van der Waals surface area contributed by atoms with Crippen LogP contribution >= 0.6 is 0 Å². The largest absolute Gasteiger partial charge is 0.392 e. The molecule has 1 aliphatic rings. The predicted molar refractivity (Wildman–Crippen MR) is 297 cm³/mol. The number of carbonyl (C=O) groups is 2. The van der Waals surface area contributed by atoms with Crippen molar-refractivity contribution in [2.75, 3.05) is 39.3 Å². The maximum absolute atomic E-state index is 13.3. The number of nitrogens with zero attached hydrogens (tertiary/aromatic N) is 2. The lowest BCUT2D eigenvalue weighted by Crippen LogP contribution is -2.61. The minimum absolute atomic E-state index is 0.113. The molecule has 1 saturated heterocycles. The summed E-state index contributed by atoms with van der Waals surface area (Å²) in [4.78, 5) is 31.0. The minimum atomic E-state index is -0.544. The summed E-state index contributed by atoms with van der Waals surface area (Å²) in [5.41, 5.74) is 0. The van der Waals surface area contributed by atoms with Gasteiger partial charge in [0.1, 0.15) is 12.1 Å². The van der Waals surface area contributed by atoms with Crippen molar-refractivity contribution >= 4 is 11.8 Å². The van der Waals surface area contributed by atoms with E-state index in [2.05, 4.69) is 48.1 Å². The van der Waals surface area contributed by atoms with Crippen molar-refractivity contribution < 1.29 is 30.0 Å². The molecule has 1 fully saturated rings. The third-order valence-corrected chi connectivity index (χ3v) is 15.1. The van der Waals surface area contributed by atoms with Gasteiger partial charge < -0.3 is 31.1 Å². The first-order chi connectivity index (χ1) is 34.1. The van der Waals surface area contributed by atoms with E-state index in [4.69, 9.17) is 0 Å². The van der Waals surface area contributed by atoms with Crippen LogP contribution in [0.5, 0.6) is 0 Å². The maximum atomic E-state index is 13.3. The number of hydrogen-bond donors (Lipinski definition) is 6. The van der Waals surface area contributed by atoms with Crippen molar-refractivity contribution in [3.8, 4) is 0 Å². The molecule has 0 bridgehead atoms. The fourth-order valence-electron chi connectivity index (χ4n) is 10.6. The Labute approximate surface area is 433 Å². The first kappa shape index (κ1) is 66.7. The quantitative estimate of drug-likeness (QED) is 0.0331. The van der Waals surface area contributed by atoms with Gasteiger partial charge in [0, 0.05) is 26.2 Å².